The maximum absolute atomic E-state index is 12.4. The summed E-state index contributed by atoms with van der Waals surface area (Å²) < 4.78 is 5.84. The van der Waals surface area contributed by atoms with Gasteiger partial charge in [0.1, 0.15) is 0 Å². The Bertz CT molecular complexity index is 782. The lowest BCUT2D eigenvalue weighted by Gasteiger charge is -2.28. The van der Waals surface area contributed by atoms with Gasteiger partial charge < -0.3 is 15.1 Å². The number of rotatable bonds is 5. The molecule has 3 fully saturated rings. The summed E-state index contributed by atoms with van der Waals surface area (Å²) >= 11 is 0. The molecule has 1 amide bonds. The predicted octanol–water partition coefficient (Wildman–Crippen LogP) is 4.08. The first-order valence-corrected chi connectivity index (χ1v) is 9.85. The molecular formula is C21H25N3O2. The van der Waals surface area contributed by atoms with Crippen molar-refractivity contribution in [1.29, 1.82) is 0 Å². The lowest BCUT2D eigenvalue weighted by molar-refractivity contribution is -0.117. The van der Waals surface area contributed by atoms with Crippen molar-refractivity contribution in [2.75, 3.05) is 5.32 Å². The van der Waals surface area contributed by atoms with E-state index in [0.717, 1.165) is 35.7 Å². The smallest absolute Gasteiger partial charge is 0.224 e. The number of anilines is 1. The highest BCUT2D eigenvalue weighted by atomic mass is 16.4. The van der Waals surface area contributed by atoms with E-state index in [1.54, 1.807) is 6.20 Å². The van der Waals surface area contributed by atoms with Crippen LogP contribution >= 0.6 is 0 Å². The Balaban J connectivity index is 1.18. The quantitative estimate of drug-likeness (QED) is 0.852. The Hall–Kier alpha value is -2.14. The number of amides is 1. The Morgan fingerprint density at radius 2 is 1.85 bits per heavy atom. The first kappa shape index (κ1) is 16.1. The fourth-order valence-corrected chi connectivity index (χ4v) is 4.47. The largest absolute Gasteiger partial charge is 0.440 e. The van der Waals surface area contributed by atoms with Crippen LogP contribution in [0.15, 0.2) is 34.9 Å². The molecule has 1 saturated carbocycles. The molecule has 26 heavy (non-hydrogen) atoms. The molecule has 2 atom stereocenters. The van der Waals surface area contributed by atoms with E-state index in [9.17, 15) is 4.79 Å². The predicted molar refractivity (Wildman–Crippen MR) is 99.8 cm³/mol. The van der Waals surface area contributed by atoms with E-state index < -0.39 is 0 Å². The topological polar surface area (TPSA) is 67.2 Å². The van der Waals surface area contributed by atoms with Gasteiger partial charge in [-0.3, -0.25) is 4.79 Å². The summed E-state index contributed by atoms with van der Waals surface area (Å²) in [6, 6.07) is 9.12. The minimum Gasteiger partial charge on any atom is -0.440 e. The van der Waals surface area contributed by atoms with E-state index in [1.807, 2.05) is 24.3 Å². The average molecular weight is 351 g/mol. The number of aromatic nitrogens is 1. The second-order valence-electron chi connectivity index (χ2n) is 8.14. The second-order valence-corrected chi connectivity index (χ2v) is 8.14. The van der Waals surface area contributed by atoms with Crippen LogP contribution < -0.4 is 10.6 Å². The number of carbonyl (C=O) groups is 1. The van der Waals surface area contributed by atoms with Gasteiger partial charge in [0.2, 0.25) is 5.91 Å². The SMILES string of the molecule is O=C(CC1CC2CCC(C1)N2)Nc1ccc(-c2cnc(C3CC3)o2)cc1. The zero-order chi connectivity index (χ0) is 17.5. The molecule has 2 unspecified atom stereocenters. The molecule has 5 nitrogen and oxygen atoms in total. The fraction of sp³-hybridized carbons (Fsp3) is 0.524. The zero-order valence-electron chi connectivity index (χ0n) is 14.9. The highest BCUT2D eigenvalue weighted by molar-refractivity contribution is 5.91. The van der Waals surface area contributed by atoms with Crippen molar-refractivity contribution in [3.8, 4) is 11.3 Å². The summed E-state index contributed by atoms with van der Waals surface area (Å²) in [5, 5.41) is 6.68. The van der Waals surface area contributed by atoms with Crippen LogP contribution in [0.1, 0.15) is 56.8 Å². The Kier molecular flexibility index (Phi) is 4.04. The van der Waals surface area contributed by atoms with Gasteiger partial charge in [0.25, 0.3) is 0 Å². The molecule has 3 aliphatic rings. The van der Waals surface area contributed by atoms with Crippen molar-refractivity contribution < 1.29 is 9.21 Å². The highest BCUT2D eigenvalue weighted by Crippen LogP contribution is 2.40. The van der Waals surface area contributed by atoms with Crippen molar-refractivity contribution in [1.82, 2.24) is 10.3 Å². The molecule has 2 bridgehead atoms. The van der Waals surface area contributed by atoms with Gasteiger partial charge in [-0.1, -0.05) is 0 Å². The molecule has 136 valence electrons. The molecule has 3 heterocycles. The molecule has 1 aliphatic carbocycles. The summed E-state index contributed by atoms with van der Waals surface area (Å²) in [4.78, 5) is 16.8. The van der Waals surface area contributed by atoms with Crippen molar-refractivity contribution in [2.24, 2.45) is 5.92 Å². The van der Waals surface area contributed by atoms with Gasteiger partial charge in [-0.25, -0.2) is 4.98 Å². The lowest BCUT2D eigenvalue weighted by atomic mass is 9.89. The van der Waals surface area contributed by atoms with Crippen LogP contribution in [0.3, 0.4) is 0 Å². The number of nitrogens with zero attached hydrogens (tertiary/aromatic N) is 1. The molecule has 2 N–H and O–H groups in total. The van der Waals surface area contributed by atoms with Crippen LogP contribution in [0.25, 0.3) is 11.3 Å². The van der Waals surface area contributed by atoms with Gasteiger partial charge >= 0.3 is 0 Å². The summed E-state index contributed by atoms with van der Waals surface area (Å²) in [6.07, 6.45) is 9.61. The normalized spacial score (nSPS) is 27.5. The molecule has 2 aliphatic heterocycles. The zero-order valence-corrected chi connectivity index (χ0v) is 14.9. The fourth-order valence-electron chi connectivity index (χ4n) is 4.47. The van der Waals surface area contributed by atoms with Crippen LogP contribution in [-0.2, 0) is 4.79 Å². The number of carbonyl (C=O) groups excluding carboxylic acids is 1. The first-order chi connectivity index (χ1) is 12.7. The molecule has 5 rings (SSSR count). The van der Waals surface area contributed by atoms with Crippen molar-refractivity contribution in [3.05, 3.63) is 36.4 Å². The maximum atomic E-state index is 12.4. The summed E-state index contributed by atoms with van der Waals surface area (Å²) in [7, 11) is 0. The van der Waals surface area contributed by atoms with E-state index in [-0.39, 0.29) is 5.91 Å². The molecule has 2 aromatic rings. The number of hydrogen-bond donors (Lipinski definition) is 2. The minimum absolute atomic E-state index is 0.125. The van der Waals surface area contributed by atoms with Crippen LogP contribution in [0.4, 0.5) is 5.69 Å². The summed E-state index contributed by atoms with van der Waals surface area (Å²) in [5.41, 5.74) is 1.84. The number of nitrogens with one attached hydrogen (secondary N) is 2. The standard InChI is InChI=1S/C21H25N3O2/c25-20(11-13-9-17-7-8-18(10-13)23-17)24-16-5-3-14(4-6-16)19-12-22-21(26-19)15-1-2-15/h3-6,12-13,15,17-18,23H,1-2,7-11H2,(H,24,25). The molecule has 5 heteroatoms. The van der Waals surface area contributed by atoms with Gasteiger partial charge in [0.05, 0.1) is 6.20 Å². The lowest BCUT2D eigenvalue weighted by Crippen LogP contribution is -2.39. The minimum atomic E-state index is 0.125. The number of oxazole rings is 1. The highest BCUT2D eigenvalue weighted by Gasteiger charge is 2.34. The van der Waals surface area contributed by atoms with E-state index in [0.29, 0.717) is 30.3 Å². The van der Waals surface area contributed by atoms with E-state index in [2.05, 4.69) is 15.6 Å². The van der Waals surface area contributed by atoms with E-state index >= 15 is 0 Å². The molecule has 1 aromatic heterocycles. The van der Waals surface area contributed by atoms with Gasteiger partial charge in [0, 0.05) is 35.7 Å². The monoisotopic (exact) mass is 351 g/mol. The Morgan fingerprint density at radius 1 is 1.12 bits per heavy atom. The summed E-state index contributed by atoms with van der Waals surface area (Å²) in [5.74, 6) is 2.82. The molecule has 1 aromatic carbocycles. The number of piperidine rings is 1. The van der Waals surface area contributed by atoms with Crippen LogP contribution in [0.2, 0.25) is 0 Å². The third kappa shape index (κ3) is 3.40. The van der Waals surface area contributed by atoms with Gasteiger partial charge in [0.15, 0.2) is 11.7 Å². The second kappa shape index (κ2) is 6.54. The first-order valence-electron chi connectivity index (χ1n) is 9.85. The summed E-state index contributed by atoms with van der Waals surface area (Å²) in [6.45, 7) is 0. The van der Waals surface area contributed by atoms with Crippen molar-refractivity contribution >= 4 is 11.6 Å². The van der Waals surface area contributed by atoms with Gasteiger partial charge in [-0.15, -0.1) is 0 Å². The van der Waals surface area contributed by atoms with E-state index in [1.165, 1.54) is 25.7 Å². The van der Waals surface area contributed by atoms with Gasteiger partial charge in [-0.05, 0) is 68.7 Å². The maximum Gasteiger partial charge on any atom is 0.224 e. The van der Waals surface area contributed by atoms with Crippen LogP contribution in [-0.4, -0.2) is 23.0 Å². The third-order valence-electron chi connectivity index (χ3n) is 5.95. The van der Waals surface area contributed by atoms with Crippen LogP contribution in [0.5, 0.6) is 0 Å². The Labute approximate surface area is 153 Å². The molecule has 2 saturated heterocycles. The number of fused-ring (bicyclic) bond motifs is 2. The Morgan fingerprint density at radius 3 is 2.54 bits per heavy atom. The van der Waals surface area contributed by atoms with Crippen molar-refractivity contribution in [3.63, 3.8) is 0 Å². The molecular weight excluding hydrogens is 326 g/mol. The average Bonchev–Trinajstić information content (AvgIpc) is 3.27. The third-order valence-corrected chi connectivity index (χ3v) is 5.95. The number of hydrogen-bond acceptors (Lipinski definition) is 4. The van der Waals surface area contributed by atoms with Crippen LogP contribution in [0, 0.1) is 5.92 Å². The van der Waals surface area contributed by atoms with Gasteiger partial charge in [-0.2, -0.15) is 0 Å². The molecule has 0 spiro atoms. The number of benzene rings is 1. The van der Waals surface area contributed by atoms with E-state index in [4.69, 9.17) is 4.42 Å². The van der Waals surface area contributed by atoms with Crippen molar-refractivity contribution in [2.45, 2.75) is 62.9 Å². The molecule has 0 radical (unpaired) electrons.